The summed E-state index contributed by atoms with van der Waals surface area (Å²) >= 11 is 0. The Morgan fingerprint density at radius 2 is 1.53 bits per heavy atom. The van der Waals surface area contributed by atoms with Crippen molar-refractivity contribution >= 4 is 35.3 Å². The van der Waals surface area contributed by atoms with Gasteiger partial charge in [-0.15, -0.1) is 0 Å². The number of aliphatic hydroxyl groups excluding tert-OH is 2. The molecule has 15 nitrogen and oxygen atoms in total. The minimum Gasteiger partial charge on any atom is -0.491 e. The number of nitro groups is 1. The maximum Gasteiger partial charge on any atom is 0.421 e. The number of benzene rings is 5. The molecule has 0 aliphatic carbocycles. The highest BCUT2D eigenvalue weighted by Crippen LogP contribution is 2.66. The molecule has 62 heavy (non-hydrogen) atoms. The number of nitrogens with two attached hydrogens (primary N) is 1. The van der Waals surface area contributed by atoms with Crippen LogP contribution in [0.5, 0.6) is 5.75 Å². The van der Waals surface area contributed by atoms with Gasteiger partial charge >= 0.3 is 12.1 Å². The Morgan fingerprint density at radius 1 is 0.839 bits per heavy atom. The first-order chi connectivity index (χ1) is 30.1. The quantitative estimate of drug-likeness (QED) is 0.0680. The van der Waals surface area contributed by atoms with Crippen LogP contribution in [0.2, 0.25) is 0 Å². The van der Waals surface area contributed by atoms with Gasteiger partial charge in [0.05, 0.1) is 41.8 Å². The van der Waals surface area contributed by atoms with E-state index in [0.717, 1.165) is 4.90 Å². The molecule has 3 aliphatic rings. The van der Waals surface area contributed by atoms with E-state index in [0.29, 0.717) is 33.6 Å². The summed E-state index contributed by atoms with van der Waals surface area (Å²) in [5.74, 6) is 1.78. The molecule has 0 aromatic heterocycles. The zero-order valence-corrected chi connectivity index (χ0v) is 33.0. The number of non-ortho nitro benzene ring substituents is 1. The summed E-state index contributed by atoms with van der Waals surface area (Å²) in [6.07, 6.45) is -1.95. The average Bonchev–Trinajstić information content (AvgIpc) is 3.75. The monoisotopic (exact) mass is 836 g/mol. The van der Waals surface area contributed by atoms with Crippen molar-refractivity contribution in [1.29, 1.82) is 0 Å². The van der Waals surface area contributed by atoms with E-state index in [-0.39, 0.29) is 49.8 Å². The topological polar surface area (TPSA) is 212 Å². The van der Waals surface area contributed by atoms with Crippen LogP contribution >= 0.6 is 0 Å². The van der Waals surface area contributed by atoms with Gasteiger partial charge in [-0.2, -0.15) is 0 Å². The number of aliphatic hydroxyl groups is 2. The Labute approximate surface area is 355 Å². The zero-order chi connectivity index (χ0) is 43.5. The third kappa shape index (κ3) is 7.19. The second-order valence-electron chi connectivity index (χ2n) is 14.9. The predicted octanol–water partition coefficient (Wildman–Crippen LogP) is 5.19. The van der Waals surface area contributed by atoms with Gasteiger partial charge in [-0.3, -0.25) is 29.4 Å². The predicted molar refractivity (Wildman–Crippen MR) is 222 cm³/mol. The van der Waals surface area contributed by atoms with Gasteiger partial charge in [-0.05, 0) is 70.3 Å². The van der Waals surface area contributed by atoms with E-state index in [1.54, 1.807) is 41.3 Å². The number of primary amides is 1. The maximum absolute atomic E-state index is 16.0. The highest BCUT2D eigenvalue weighted by molar-refractivity contribution is 6.23. The average molecular weight is 837 g/mol. The van der Waals surface area contributed by atoms with Crippen LogP contribution in [0.3, 0.4) is 0 Å². The van der Waals surface area contributed by atoms with Crippen LogP contribution in [0.15, 0.2) is 127 Å². The number of rotatable bonds is 11. The lowest BCUT2D eigenvalue weighted by Crippen LogP contribution is -2.55. The van der Waals surface area contributed by atoms with Crippen LogP contribution in [0.4, 0.5) is 16.2 Å². The first-order valence-electron chi connectivity index (χ1n) is 19.8. The van der Waals surface area contributed by atoms with E-state index < -0.39 is 64.4 Å². The van der Waals surface area contributed by atoms with Crippen molar-refractivity contribution in [2.45, 2.75) is 42.7 Å². The normalized spacial score (nSPS) is 22.5. The summed E-state index contributed by atoms with van der Waals surface area (Å²) in [4.78, 5) is 73.0. The van der Waals surface area contributed by atoms with Crippen molar-refractivity contribution in [3.8, 4) is 17.6 Å². The summed E-state index contributed by atoms with van der Waals surface area (Å²) in [5.41, 5.74) is 6.82. The van der Waals surface area contributed by atoms with Gasteiger partial charge < -0.3 is 30.2 Å². The summed E-state index contributed by atoms with van der Waals surface area (Å²) in [6, 6.07) is 31.5. The Morgan fingerprint density at radius 3 is 2.19 bits per heavy atom. The Bertz CT molecular complexity index is 2600. The van der Waals surface area contributed by atoms with Crippen LogP contribution in [-0.2, 0) is 35.9 Å². The van der Waals surface area contributed by atoms with Crippen molar-refractivity contribution in [3.63, 3.8) is 0 Å². The van der Waals surface area contributed by atoms with E-state index in [4.69, 9.17) is 19.9 Å². The molecule has 0 bridgehead atoms. The van der Waals surface area contributed by atoms with Crippen molar-refractivity contribution in [2.75, 3.05) is 24.7 Å². The summed E-state index contributed by atoms with van der Waals surface area (Å²) in [5, 5.41) is 30.4. The zero-order valence-electron chi connectivity index (χ0n) is 33.0. The third-order valence-corrected chi connectivity index (χ3v) is 11.5. The summed E-state index contributed by atoms with van der Waals surface area (Å²) < 4.78 is 17.9. The number of carbonyl (C=O) groups excluding carboxylic acids is 4. The van der Waals surface area contributed by atoms with Crippen LogP contribution in [0.1, 0.15) is 58.0 Å². The number of cyclic esters (lactones) is 1. The van der Waals surface area contributed by atoms with E-state index >= 15 is 4.79 Å². The second-order valence-corrected chi connectivity index (χ2v) is 14.9. The van der Waals surface area contributed by atoms with Crippen LogP contribution < -0.4 is 15.4 Å². The van der Waals surface area contributed by atoms with Gasteiger partial charge in [0.1, 0.15) is 36.5 Å². The number of esters is 1. The first kappa shape index (κ1) is 41.4. The van der Waals surface area contributed by atoms with Gasteiger partial charge in [-0.25, -0.2) is 9.69 Å². The molecule has 4 N–H and O–H groups in total. The molecule has 6 atom stereocenters. The smallest absolute Gasteiger partial charge is 0.421 e. The molecule has 314 valence electrons. The molecular weight excluding hydrogens is 797 g/mol. The van der Waals surface area contributed by atoms with Crippen LogP contribution in [0.25, 0.3) is 0 Å². The van der Waals surface area contributed by atoms with Gasteiger partial charge in [0, 0.05) is 24.1 Å². The molecule has 2 saturated heterocycles. The number of ether oxygens (including phenoxy) is 3. The molecule has 1 spiro atoms. The highest BCUT2D eigenvalue weighted by Gasteiger charge is 2.75. The van der Waals surface area contributed by atoms with Gasteiger partial charge in [0.2, 0.25) is 11.8 Å². The Kier molecular flexibility index (Phi) is 11.5. The molecular formula is C47H40N4O11. The third-order valence-electron chi connectivity index (χ3n) is 11.5. The largest absolute Gasteiger partial charge is 0.491 e. The number of amides is 3. The number of anilines is 1. The van der Waals surface area contributed by atoms with Gasteiger partial charge in [0.15, 0.2) is 0 Å². The van der Waals surface area contributed by atoms with E-state index in [2.05, 4.69) is 11.8 Å². The number of hydrogen-bond acceptors (Lipinski definition) is 12. The minimum atomic E-state index is -2.14. The van der Waals surface area contributed by atoms with Gasteiger partial charge in [0.25, 0.3) is 5.69 Å². The number of hydrogen-bond donors (Lipinski definition) is 3. The molecule has 5 aromatic carbocycles. The first-order valence-corrected chi connectivity index (χ1v) is 19.8. The van der Waals surface area contributed by atoms with Crippen molar-refractivity contribution < 1.29 is 48.5 Å². The van der Waals surface area contributed by atoms with Crippen molar-refractivity contribution in [3.05, 3.63) is 171 Å². The fourth-order valence-electron chi connectivity index (χ4n) is 9.08. The fourth-order valence-corrected chi connectivity index (χ4v) is 9.08. The van der Waals surface area contributed by atoms with E-state index in [9.17, 15) is 34.7 Å². The number of nitro benzene ring substituents is 1. The molecule has 15 heteroatoms. The summed E-state index contributed by atoms with van der Waals surface area (Å²) in [7, 11) is 0. The Hall–Kier alpha value is -7.38. The number of carbonyl (C=O) groups is 4. The molecule has 3 amide bonds. The highest BCUT2D eigenvalue weighted by atomic mass is 16.6. The molecule has 2 fully saturated rings. The summed E-state index contributed by atoms with van der Waals surface area (Å²) in [6.45, 7) is -0.941. The second kappa shape index (κ2) is 17.3. The maximum atomic E-state index is 16.0. The standard InChI is InChI=1S/C47H40N4O11/c48-43(54)38-40-44(55)62-41(32-13-5-2-6-14-32)39(31-11-3-1-4-12-31)50(40)42(33-15-9-16-35(27-33)60-25-24-53)47(38)36-26-29(10-7-8-23-52)19-22-37(36)49(45(47)56)46(57)61-28-30-17-20-34(21-18-30)51(58)59/h1-6,9,11-22,26-27,38-42,52-53H,8,23-25,28H2,(H2,48,54). The lowest BCUT2D eigenvalue weighted by Gasteiger charge is -2.46. The molecule has 5 aromatic rings. The molecule has 6 unspecified atom stereocenters. The number of fused-ring (bicyclic) bond motifs is 3. The van der Waals surface area contributed by atoms with Crippen LogP contribution in [0, 0.1) is 27.9 Å². The lowest BCUT2D eigenvalue weighted by atomic mass is 9.65. The molecule has 8 rings (SSSR count). The number of imide groups is 1. The minimum absolute atomic E-state index is 0.0458. The molecule has 3 aliphatic heterocycles. The SMILES string of the molecule is NC(=O)C1C2C(=O)OC(c3ccccc3)C(c3ccccc3)N2C(c2cccc(OCCO)c2)C12C(=O)N(C(=O)OCc1ccc([N+](=O)[O-])cc1)c1ccc(C#CCCO)cc12. The number of morpholine rings is 1. The molecule has 0 saturated carbocycles. The van der Waals surface area contributed by atoms with Crippen LogP contribution in [-0.4, -0.2) is 69.8 Å². The van der Waals surface area contributed by atoms with E-state index in [1.807, 2.05) is 60.7 Å². The number of nitrogens with zero attached hydrogens (tertiary/aromatic N) is 3. The van der Waals surface area contributed by atoms with E-state index in [1.165, 1.54) is 30.3 Å². The lowest BCUT2D eigenvalue weighted by molar-refractivity contribution is -0.384. The van der Waals surface area contributed by atoms with Crippen molar-refractivity contribution in [2.24, 2.45) is 11.7 Å². The van der Waals surface area contributed by atoms with Gasteiger partial charge in [-0.1, -0.05) is 84.6 Å². The Balaban J connectivity index is 1.38. The molecule has 0 radical (unpaired) electrons. The van der Waals surface area contributed by atoms with Crippen molar-refractivity contribution in [1.82, 2.24) is 4.90 Å². The fraction of sp³-hybridized carbons (Fsp3) is 0.234. The molecule has 3 heterocycles.